The fourth-order valence-electron chi connectivity index (χ4n) is 3.60. The topological polar surface area (TPSA) is 93.8 Å². The molecule has 4 rings (SSSR count). The van der Waals surface area contributed by atoms with Crippen LogP contribution >= 0.6 is 0 Å². The second-order valence-corrected chi connectivity index (χ2v) is 7.80. The van der Waals surface area contributed by atoms with E-state index >= 15 is 0 Å². The van der Waals surface area contributed by atoms with Gasteiger partial charge < -0.3 is 10.6 Å². The van der Waals surface area contributed by atoms with Gasteiger partial charge in [-0.15, -0.1) is 0 Å². The highest BCUT2D eigenvalue weighted by Gasteiger charge is 2.21. The van der Waals surface area contributed by atoms with Crippen molar-refractivity contribution in [1.29, 1.82) is 0 Å². The molecule has 0 bridgehead atoms. The third-order valence-corrected chi connectivity index (χ3v) is 5.57. The average Bonchev–Trinajstić information content (AvgIpc) is 3.06. The van der Waals surface area contributed by atoms with Crippen LogP contribution in [0.1, 0.15) is 27.2 Å². The van der Waals surface area contributed by atoms with Crippen molar-refractivity contribution in [2.24, 2.45) is 7.05 Å². The van der Waals surface area contributed by atoms with Crippen LogP contribution in [0.15, 0.2) is 47.4 Å². The minimum absolute atomic E-state index is 0.0120. The second kappa shape index (κ2) is 9.77. The molecule has 35 heavy (non-hydrogen) atoms. The zero-order chi connectivity index (χ0) is 25.1. The summed E-state index contributed by atoms with van der Waals surface area (Å²) >= 11 is 0. The monoisotopic (exact) mass is 476 g/mol. The predicted octanol–water partition coefficient (Wildman–Crippen LogP) is 2.59. The molecule has 2 heterocycles. The van der Waals surface area contributed by atoms with Crippen LogP contribution in [0, 0.1) is 30.4 Å². The number of carbonyl (C=O) groups is 1. The van der Waals surface area contributed by atoms with Gasteiger partial charge in [-0.3, -0.25) is 14.3 Å². The Morgan fingerprint density at radius 2 is 1.94 bits per heavy atom. The summed E-state index contributed by atoms with van der Waals surface area (Å²) in [7, 11) is 3.37. The number of anilines is 1. The maximum atomic E-state index is 13.5. The van der Waals surface area contributed by atoms with Crippen molar-refractivity contribution in [2.75, 3.05) is 18.9 Å². The first-order valence-electron chi connectivity index (χ1n) is 10.7. The van der Waals surface area contributed by atoms with Gasteiger partial charge in [-0.2, -0.15) is 0 Å². The first-order chi connectivity index (χ1) is 16.8. The van der Waals surface area contributed by atoms with E-state index in [1.807, 2.05) is 18.2 Å². The molecule has 1 amide bonds. The zero-order valence-corrected chi connectivity index (χ0v) is 19.3. The van der Waals surface area contributed by atoms with Gasteiger partial charge in [-0.1, -0.05) is 17.9 Å². The Kier molecular flexibility index (Phi) is 6.59. The molecule has 2 aromatic heterocycles. The Morgan fingerprint density at radius 3 is 2.69 bits per heavy atom. The average molecular weight is 476 g/mol. The summed E-state index contributed by atoms with van der Waals surface area (Å²) in [6.45, 7) is 1.66. The van der Waals surface area contributed by atoms with E-state index in [0.29, 0.717) is 17.2 Å². The third kappa shape index (κ3) is 4.89. The number of carbonyl (C=O) groups excluding carboxylic acids is 1. The number of halogens is 2. The summed E-state index contributed by atoms with van der Waals surface area (Å²) < 4.78 is 29.6. The van der Waals surface area contributed by atoms with Crippen molar-refractivity contribution in [2.45, 2.75) is 13.5 Å². The molecule has 10 heteroatoms. The van der Waals surface area contributed by atoms with Gasteiger partial charge in [0.1, 0.15) is 5.56 Å². The molecule has 2 N–H and O–H groups in total. The van der Waals surface area contributed by atoms with E-state index in [1.165, 1.54) is 15.4 Å². The number of fused-ring (bicyclic) bond motifs is 1. The van der Waals surface area contributed by atoms with Gasteiger partial charge in [0.15, 0.2) is 11.6 Å². The van der Waals surface area contributed by atoms with Gasteiger partial charge in [0.2, 0.25) is 5.95 Å². The molecule has 0 aliphatic heterocycles. The number of benzene rings is 2. The highest BCUT2D eigenvalue weighted by Crippen LogP contribution is 2.14. The molecular formula is C25H22F2N6O2. The molecule has 0 unspecified atom stereocenters. The smallest absolute Gasteiger partial charge is 0.280 e. The number of aromatic nitrogens is 4. The lowest BCUT2D eigenvalue weighted by Crippen LogP contribution is -2.31. The third-order valence-electron chi connectivity index (χ3n) is 5.57. The normalized spacial score (nSPS) is 10.7. The summed E-state index contributed by atoms with van der Waals surface area (Å²) in [5.74, 6) is 3.84. The highest BCUT2D eigenvalue weighted by atomic mass is 19.2. The van der Waals surface area contributed by atoms with Gasteiger partial charge in [0.05, 0.1) is 18.6 Å². The molecule has 0 atom stereocenters. The summed E-state index contributed by atoms with van der Waals surface area (Å²) in [5.41, 5.74) is 1.79. The molecule has 0 aliphatic carbocycles. The number of rotatable bonds is 5. The van der Waals surface area contributed by atoms with Crippen LogP contribution < -0.4 is 16.2 Å². The quantitative estimate of drug-likeness (QED) is 0.432. The lowest BCUT2D eigenvalue weighted by molar-refractivity contribution is 0.0957. The molecule has 178 valence electrons. The van der Waals surface area contributed by atoms with Gasteiger partial charge in [0, 0.05) is 36.9 Å². The minimum Gasteiger partial charge on any atom is -0.357 e. The lowest BCUT2D eigenvalue weighted by Gasteiger charge is -2.08. The summed E-state index contributed by atoms with van der Waals surface area (Å²) in [4.78, 5) is 34.1. The van der Waals surface area contributed by atoms with Crippen molar-refractivity contribution < 1.29 is 13.6 Å². The molecule has 4 aromatic rings. The van der Waals surface area contributed by atoms with E-state index < -0.39 is 23.1 Å². The molecule has 0 aliphatic rings. The van der Waals surface area contributed by atoms with Gasteiger partial charge >= 0.3 is 0 Å². The number of hydrogen-bond donors (Lipinski definition) is 2. The Bertz CT molecular complexity index is 1560. The van der Waals surface area contributed by atoms with Crippen LogP contribution in [0.4, 0.5) is 14.7 Å². The predicted molar refractivity (Wildman–Crippen MR) is 128 cm³/mol. The van der Waals surface area contributed by atoms with E-state index in [9.17, 15) is 18.4 Å². The Morgan fingerprint density at radius 1 is 1.14 bits per heavy atom. The van der Waals surface area contributed by atoms with E-state index in [-0.39, 0.29) is 18.7 Å². The number of amides is 1. The minimum atomic E-state index is -1.00. The second-order valence-electron chi connectivity index (χ2n) is 7.80. The van der Waals surface area contributed by atoms with Crippen LogP contribution in [-0.2, 0) is 13.6 Å². The van der Waals surface area contributed by atoms with Crippen LogP contribution in [0.5, 0.6) is 0 Å². The Balaban J connectivity index is 1.47. The van der Waals surface area contributed by atoms with Gasteiger partial charge in [-0.25, -0.2) is 23.4 Å². The fourth-order valence-corrected chi connectivity index (χ4v) is 3.60. The largest absolute Gasteiger partial charge is 0.357 e. The van der Waals surface area contributed by atoms with Gasteiger partial charge in [0.25, 0.3) is 11.5 Å². The fraction of sp³-hybridized carbons (Fsp3) is 0.200. The summed E-state index contributed by atoms with van der Waals surface area (Å²) in [6, 6.07) is 8.92. The molecule has 0 radical (unpaired) electrons. The SMILES string of the molecule is CNc1ncc2cc(C#CCNC(=O)c3c(C)n(C)n(Cc4ccc(F)c(F)c4)c3=O)ccc2n1. The van der Waals surface area contributed by atoms with Crippen LogP contribution in [0.25, 0.3) is 10.9 Å². The first kappa shape index (κ1) is 23.6. The molecular weight excluding hydrogens is 454 g/mol. The maximum absolute atomic E-state index is 13.5. The van der Waals surface area contributed by atoms with Crippen LogP contribution in [-0.4, -0.2) is 38.8 Å². The van der Waals surface area contributed by atoms with Crippen LogP contribution in [0.3, 0.4) is 0 Å². The highest BCUT2D eigenvalue weighted by molar-refractivity contribution is 5.95. The van der Waals surface area contributed by atoms with E-state index in [4.69, 9.17) is 0 Å². The van der Waals surface area contributed by atoms with Crippen LogP contribution in [0.2, 0.25) is 0 Å². The number of nitrogens with one attached hydrogen (secondary N) is 2. The van der Waals surface area contributed by atoms with E-state index in [1.54, 1.807) is 27.2 Å². The zero-order valence-electron chi connectivity index (χ0n) is 19.3. The number of nitrogens with zero attached hydrogens (tertiary/aromatic N) is 4. The molecule has 8 nitrogen and oxygen atoms in total. The lowest BCUT2D eigenvalue weighted by atomic mass is 10.1. The van der Waals surface area contributed by atoms with Crippen molar-refractivity contribution in [3.63, 3.8) is 0 Å². The van der Waals surface area contributed by atoms with E-state index in [2.05, 4.69) is 32.4 Å². The molecule has 0 spiro atoms. The van der Waals surface area contributed by atoms with Crippen molar-refractivity contribution >= 4 is 22.8 Å². The van der Waals surface area contributed by atoms with Crippen molar-refractivity contribution in [3.8, 4) is 11.8 Å². The Hall–Kier alpha value is -4.52. The van der Waals surface area contributed by atoms with Gasteiger partial charge in [-0.05, 0) is 42.8 Å². The standard InChI is InChI=1S/C25H22F2N6O2/c1-15-22(24(35)33(32(15)3)14-17-6-8-19(26)20(27)12-17)23(34)29-10-4-5-16-7-9-21-18(11-16)13-30-25(28-2)31-21/h6-9,11-13H,10,14H2,1-3H3,(H,29,34)(H,28,30,31). The summed E-state index contributed by atoms with van der Waals surface area (Å²) in [6.07, 6.45) is 1.70. The van der Waals surface area contributed by atoms with Crippen molar-refractivity contribution in [3.05, 3.63) is 87.0 Å². The number of hydrogen-bond acceptors (Lipinski definition) is 5. The molecule has 0 fully saturated rings. The Labute approximate surface area is 199 Å². The molecule has 2 aromatic carbocycles. The summed E-state index contributed by atoms with van der Waals surface area (Å²) in [5, 5.41) is 6.36. The first-order valence-corrected chi connectivity index (χ1v) is 10.7. The molecule has 0 saturated heterocycles. The molecule has 0 saturated carbocycles. The maximum Gasteiger partial charge on any atom is 0.280 e. The van der Waals surface area contributed by atoms with E-state index in [0.717, 1.165) is 28.6 Å². The van der Waals surface area contributed by atoms with Crippen molar-refractivity contribution in [1.82, 2.24) is 24.6 Å².